The van der Waals surface area contributed by atoms with Gasteiger partial charge in [0.15, 0.2) is 23.0 Å². The van der Waals surface area contributed by atoms with Crippen molar-refractivity contribution < 1.29 is 62.7 Å². The summed E-state index contributed by atoms with van der Waals surface area (Å²) in [7, 11) is 1.77. The number of rotatable bonds is 20. The first-order valence-electron chi connectivity index (χ1n) is 26.8. The SMILES string of the molecule is COc1ccccc1C1CCN(c2nc(C3(F)CC3)nc3ccc(N(C)CCO)cc23)CC1.COc1ccccc1C1CCN(c2nc(C3(F)CC3)nc3ccc(N(C)CCOCCF)cc23)CC1.O=S(=O)(OCCF)C(F)(F)F. The van der Waals surface area contributed by atoms with Gasteiger partial charge in [0.2, 0.25) is 0 Å². The number of ether oxygens (including phenoxy) is 3. The van der Waals surface area contributed by atoms with Gasteiger partial charge in [-0.25, -0.2) is 37.5 Å². The number of piperidine rings is 2. The molecule has 15 nitrogen and oxygen atoms in total. The Labute approximate surface area is 462 Å². The Bertz CT molecular complexity index is 3140. The van der Waals surface area contributed by atoms with Gasteiger partial charge in [0.1, 0.15) is 36.5 Å². The third-order valence-electron chi connectivity index (χ3n) is 15.0. The lowest BCUT2D eigenvalue weighted by molar-refractivity contribution is -0.0544. The van der Waals surface area contributed by atoms with Gasteiger partial charge in [0.25, 0.3) is 0 Å². The maximum atomic E-state index is 15.1. The van der Waals surface area contributed by atoms with Crippen molar-refractivity contribution in [3.8, 4) is 11.5 Å². The number of aliphatic hydroxyl groups is 1. The molecule has 80 heavy (non-hydrogen) atoms. The van der Waals surface area contributed by atoms with E-state index in [0.29, 0.717) is 68.9 Å². The van der Waals surface area contributed by atoms with Crippen LogP contribution in [0, 0.1) is 0 Å². The summed E-state index contributed by atoms with van der Waals surface area (Å²) < 4.78 is 127. The molecule has 2 aliphatic heterocycles. The average Bonchev–Trinajstić information content (AvgIpc) is 4.57. The summed E-state index contributed by atoms with van der Waals surface area (Å²) in [6, 6.07) is 28.5. The van der Waals surface area contributed by atoms with Crippen molar-refractivity contribution in [1.29, 1.82) is 0 Å². The van der Waals surface area contributed by atoms with Crippen molar-refractivity contribution in [3.05, 3.63) is 108 Å². The zero-order chi connectivity index (χ0) is 57.2. The van der Waals surface area contributed by atoms with E-state index >= 15 is 4.39 Å². The summed E-state index contributed by atoms with van der Waals surface area (Å²) in [4.78, 5) is 27.4. The van der Waals surface area contributed by atoms with Crippen molar-refractivity contribution in [3.63, 3.8) is 0 Å². The molecule has 4 fully saturated rings. The number of anilines is 4. The zero-order valence-electron chi connectivity index (χ0n) is 45.4. The second-order valence-electron chi connectivity index (χ2n) is 20.4. The summed E-state index contributed by atoms with van der Waals surface area (Å²) >= 11 is 0. The van der Waals surface area contributed by atoms with E-state index in [9.17, 15) is 39.9 Å². The molecule has 23 heteroatoms. The van der Waals surface area contributed by atoms with Crippen LogP contribution >= 0.6 is 0 Å². The maximum Gasteiger partial charge on any atom is 0.523 e. The average molecular weight is 1140 g/mol. The standard InChI is InChI=1S/C28H34F2N4O2.C26H31FN4O2.C3H4F4O3S/c1-33(16-18-36-17-13-29)21-7-8-24-23(19-21)26(32-27(31-24)28(30)11-12-28)34-14-9-20(10-15-34)22-5-3-4-6-25(22)35-2;1-30(15-16-32)19-7-8-22-21(17-19)24(29-25(28-22)26(27)11-12-26)31-13-9-18(10-14-31)20-5-3-4-6-23(20)33-2;4-1-2-10-11(8,9)3(5,6)7/h3-8,19-20H,9-18H2,1-2H3;3-8,17-18,32H,9-16H2,1-2H3;1-2H2. The lowest BCUT2D eigenvalue weighted by Gasteiger charge is -2.34. The van der Waals surface area contributed by atoms with Gasteiger partial charge in [-0.05, 0) is 123 Å². The number of aromatic nitrogens is 4. The van der Waals surface area contributed by atoms with Crippen molar-refractivity contribution in [2.75, 3.05) is 127 Å². The number of methoxy groups -OCH3 is 2. The van der Waals surface area contributed by atoms with Crippen LogP contribution in [0.3, 0.4) is 0 Å². The summed E-state index contributed by atoms with van der Waals surface area (Å²) in [5, 5.41) is 11.2. The number of para-hydroxylation sites is 2. The highest BCUT2D eigenvalue weighted by atomic mass is 32.2. The lowest BCUT2D eigenvalue weighted by Crippen LogP contribution is -2.34. The van der Waals surface area contributed by atoms with Gasteiger partial charge in [0.05, 0.1) is 51.7 Å². The molecule has 10 rings (SSSR count). The molecule has 4 aliphatic rings. The second kappa shape index (κ2) is 26.1. The van der Waals surface area contributed by atoms with Gasteiger partial charge in [-0.15, -0.1) is 0 Å². The van der Waals surface area contributed by atoms with Crippen LogP contribution in [0.25, 0.3) is 21.8 Å². The molecule has 0 radical (unpaired) electrons. The van der Waals surface area contributed by atoms with E-state index in [1.807, 2.05) is 67.5 Å². The molecule has 2 aromatic heterocycles. The normalized spacial score (nSPS) is 17.1. The Morgan fingerprint density at radius 1 is 0.625 bits per heavy atom. The zero-order valence-corrected chi connectivity index (χ0v) is 46.2. The lowest BCUT2D eigenvalue weighted by atomic mass is 9.88. The van der Waals surface area contributed by atoms with E-state index in [1.165, 1.54) is 11.1 Å². The van der Waals surface area contributed by atoms with Crippen LogP contribution in [-0.4, -0.2) is 146 Å². The highest BCUT2D eigenvalue weighted by Crippen LogP contribution is 2.50. The molecule has 6 aromatic rings. The first-order valence-corrected chi connectivity index (χ1v) is 28.2. The minimum Gasteiger partial charge on any atom is -0.496 e. The summed E-state index contributed by atoms with van der Waals surface area (Å²) in [6.45, 7) is 2.27. The van der Waals surface area contributed by atoms with Crippen molar-refractivity contribution in [1.82, 2.24) is 19.9 Å². The molecular formula is C57H69F7N8O7S. The van der Waals surface area contributed by atoms with E-state index in [-0.39, 0.29) is 13.2 Å². The Hall–Kier alpha value is -6.30. The predicted octanol–water partition coefficient (Wildman–Crippen LogP) is 10.6. The van der Waals surface area contributed by atoms with Gasteiger partial charge >= 0.3 is 15.6 Å². The molecule has 2 saturated carbocycles. The van der Waals surface area contributed by atoms with Crippen LogP contribution in [-0.2, 0) is 30.4 Å². The quantitative estimate of drug-likeness (QED) is 0.0333. The fourth-order valence-electron chi connectivity index (χ4n) is 10.0. The molecule has 4 aromatic carbocycles. The predicted molar refractivity (Wildman–Crippen MR) is 295 cm³/mol. The third-order valence-corrected chi connectivity index (χ3v) is 16.0. The van der Waals surface area contributed by atoms with E-state index in [4.69, 9.17) is 24.2 Å². The van der Waals surface area contributed by atoms with Gasteiger partial charge in [-0.1, -0.05) is 36.4 Å². The molecule has 0 spiro atoms. The Kier molecular flexibility index (Phi) is 19.5. The fraction of sp³-hybridized carbons (Fsp3) is 0.509. The Morgan fingerprint density at radius 2 is 1.05 bits per heavy atom. The van der Waals surface area contributed by atoms with E-state index in [1.54, 1.807) is 14.2 Å². The minimum atomic E-state index is -5.60. The number of hydrogen-bond donors (Lipinski definition) is 1. The molecule has 0 unspecified atom stereocenters. The minimum absolute atomic E-state index is 0.0810. The van der Waals surface area contributed by atoms with Crippen molar-refractivity contribution in [2.45, 2.75) is 80.0 Å². The number of likely N-dealkylation sites (N-methyl/N-ethyl adjacent to an activating group) is 2. The summed E-state index contributed by atoms with van der Waals surface area (Å²) in [5.74, 6) is 4.94. The van der Waals surface area contributed by atoms with Crippen LogP contribution in [0.2, 0.25) is 0 Å². The Balaban J connectivity index is 0.000000178. The number of benzene rings is 4. The molecule has 434 valence electrons. The van der Waals surface area contributed by atoms with Gasteiger partial charge in [-0.3, -0.25) is 4.18 Å². The van der Waals surface area contributed by atoms with Crippen molar-refractivity contribution in [2.24, 2.45) is 0 Å². The number of aliphatic hydroxyl groups excluding tert-OH is 1. The van der Waals surface area contributed by atoms with Gasteiger partial charge < -0.3 is 38.9 Å². The molecular weight excluding hydrogens is 1070 g/mol. The van der Waals surface area contributed by atoms with Gasteiger partial charge in [0, 0.05) is 75.5 Å². The highest BCUT2D eigenvalue weighted by molar-refractivity contribution is 7.87. The molecule has 4 heterocycles. The van der Waals surface area contributed by atoms with Crippen LogP contribution in [0.5, 0.6) is 11.5 Å². The third kappa shape index (κ3) is 14.2. The van der Waals surface area contributed by atoms with E-state index in [2.05, 4.69) is 65.2 Å². The smallest absolute Gasteiger partial charge is 0.496 e. The maximum absolute atomic E-state index is 15.1. The first kappa shape index (κ1) is 59.8. The second-order valence-corrected chi connectivity index (χ2v) is 22.0. The summed E-state index contributed by atoms with van der Waals surface area (Å²) in [5.41, 5.74) is -2.25. The highest BCUT2D eigenvalue weighted by Gasteiger charge is 2.50. The van der Waals surface area contributed by atoms with Crippen LogP contribution < -0.4 is 29.1 Å². The number of nitrogens with zero attached hydrogens (tertiary/aromatic N) is 8. The molecule has 0 atom stereocenters. The van der Waals surface area contributed by atoms with Crippen LogP contribution in [0.15, 0.2) is 84.9 Å². The van der Waals surface area contributed by atoms with E-state index in [0.717, 1.165) is 108 Å². The number of hydrogen-bond acceptors (Lipinski definition) is 15. The van der Waals surface area contributed by atoms with Crippen LogP contribution in [0.1, 0.15) is 86.0 Å². The van der Waals surface area contributed by atoms with E-state index < -0.39 is 46.9 Å². The largest absolute Gasteiger partial charge is 0.523 e. The Morgan fingerprint density at radius 3 is 1.44 bits per heavy atom. The topological polar surface area (TPSA) is 156 Å². The molecule has 2 aliphatic carbocycles. The van der Waals surface area contributed by atoms with Crippen molar-refractivity contribution >= 4 is 54.9 Å². The molecule has 1 N–H and O–H groups in total. The molecule has 2 saturated heterocycles. The number of alkyl halides is 7. The first-order chi connectivity index (χ1) is 38.3. The van der Waals surface area contributed by atoms with Gasteiger partial charge in [-0.2, -0.15) is 21.6 Å². The monoisotopic (exact) mass is 1140 g/mol. The molecule has 0 amide bonds. The fourth-order valence-corrected chi connectivity index (χ4v) is 10.4. The molecule has 0 bridgehead atoms. The number of halogens is 7. The van der Waals surface area contributed by atoms with Crippen LogP contribution in [0.4, 0.5) is 53.7 Å². The number of fused-ring (bicyclic) bond motifs is 2. The summed E-state index contributed by atoms with van der Waals surface area (Å²) in [6.07, 6.45) is 5.83.